The van der Waals surface area contributed by atoms with Gasteiger partial charge < -0.3 is 4.90 Å². The van der Waals surface area contributed by atoms with E-state index in [0.717, 1.165) is 38.6 Å². The van der Waals surface area contributed by atoms with Crippen molar-refractivity contribution in [3.8, 4) is 0 Å². The van der Waals surface area contributed by atoms with Crippen molar-refractivity contribution in [3.05, 3.63) is 80.6 Å². The number of nitrogens with zero attached hydrogens (tertiary/aromatic N) is 4. The van der Waals surface area contributed by atoms with Crippen LogP contribution in [0, 0.1) is 0 Å². The number of hydrogen-bond donors (Lipinski definition) is 0. The molecule has 2 aliphatic heterocycles. The monoisotopic (exact) mass is 488 g/mol. The number of benzene rings is 1. The van der Waals surface area contributed by atoms with Gasteiger partial charge >= 0.3 is 0 Å². The zero-order valence-corrected chi connectivity index (χ0v) is 20.3. The number of anilines is 1. The van der Waals surface area contributed by atoms with Crippen molar-refractivity contribution in [2.45, 2.75) is 44.7 Å². The van der Waals surface area contributed by atoms with E-state index in [1.807, 2.05) is 24.3 Å². The first-order valence-electron chi connectivity index (χ1n) is 11.7. The number of hydrogen-bond acceptors (Lipinski definition) is 6. The maximum absolute atomic E-state index is 13.6. The summed E-state index contributed by atoms with van der Waals surface area (Å²) in [5, 5.41) is 0. The molecule has 0 spiro atoms. The Hall–Kier alpha value is -2.97. The molecular formula is C26H24N4O2S2. The van der Waals surface area contributed by atoms with Crippen LogP contribution in [0.4, 0.5) is 5.82 Å². The van der Waals surface area contributed by atoms with Gasteiger partial charge in [-0.15, -0.1) is 0 Å². The van der Waals surface area contributed by atoms with Gasteiger partial charge in [-0.1, -0.05) is 67.2 Å². The zero-order valence-electron chi connectivity index (χ0n) is 18.6. The minimum atomic E-state index is -0.175. The summed E-state index contributed by atoms with van der Waals surface area (Å²) in [5.41, 5.74) is 3.43. The molecule has 2 aromatic heterocycles. The fourth-order valence-electron chi connectivity index (χ4n) is 5.22. The molecular weight excluding hydrogens is 464 g/mol. The minimum Gasteiger partial charge on any atom is -0.351 e. The van der Waals surface area contributed by atoms with Gasteiger partial charge in [-0.3, -0.25) is 18.9 Å². The first kappa shape index (κ1) is 21.6. The average molecular weight is 489 g/mol. The smallest absolute Gasteiger partial charge is 0.267 e. The normalized spacial score (nSPS) is 20.1. The molecule has 0 radical (unpaired) electrons. The molecule has 3 aromatic rings. The molecule has 1 aliphatic carbocycles. The second-order valence-corrected chi connectivity index (χ2v) is 10.7. The van der Waals surface area contributed by atoms with Crippen molar-refractivity contribution in [1.82, 2.24) is 14.3 Å². The highest BCUT2D eigenvalue weighted by atomic mass is 32.2. The summed E-state index contributed by atoms with van der Waals surface area (Å²) in [6.45, 7) is 1.44. The zero-order chi connectivity index (χ0) is 23.2. The Morgan fingerprint density at radius 1 is 1.03 bits per heavy atom. The van der Waals surface area contributed by atoms with Gasteiger partial charge in [0.25, 0.3) is 11.5 Å². The number of aromatic nitrogens is 2. The van der Waals surface area contributed by atoms with Crippen LogP contribution < -0.4 is 10.5 Å². The Bertz CT molecular complexity index is 1410. The lowest BCUT2D eigenvalue weighted by atomic mass is 9.99. The molecule has 3 aliphatic rings. The SMILES string of the molecule is O=C1/C(=C\c2c(N3CCc4ccccc4C3)nc3ccccn3c2=O)SC(=S)N1C1CCCC1. The molecule has 34 heavy (non-hydrogen) atoms. The Kier molecular flexibility index (Phi) is 5.50. The third-order valence-electron chi connectivity index (χ3n) is 6.97. The lowest BCUT2D eigenvalue weighted by molar-refractivity contribution is -0.123. The first-order chi connectivity index (χ1) is 16.6. The molecule has 8 heteroatoms. The van der Waals surface area contributed by atoms with Gasteiger partial charge in [0, 0.05) is 25.3 Å². The molecule has 1 amide bonds. The van der Waals surface area contributed by atoms with E-state index in [-0.39, 0.29) is 17.5 Å². The molecule has 4 heterocycles. The van der Waals surface area contributed by atoms with Crippen molar-refractivity contribution in [2.24, 2.45) is 0 Å². The third kappa shape index (κ3) is 3.65. The quantitative estimate of drug-likeness (QED) is 0.402. The predicted octanol–water partition coefficient (Wildman–Crippen LogP) is 4.40. The van der Waals surface area contributed by atoms with Crippen molar-refractivity contribution in [2.75, 3.05) is 11.4 Å². The maximum Gasteiger partial charge on any atom is 0.267 e. The number of thiocarbonyl (C=S) groups is 1. The molecule has 0 atom stereocenters. The number of rotatable bonds is 3. The fraction of sp³-hybridized carbons (Fsp3) is 0.308. The van der Waals surface area contributed by atoms with Crippen LogP contribution in [0.1, 0.15) is 42.4 Å². The van der Waals surface area contributed by atoms with E-state index in [1.54, 1.807) is 21.6 Å². The molecule has 0 N–H and O–H groups in total. The van der Waals surface area contributed by atoms with E-state index in [1.165, 1.54) is 22.9 Å². The summed E-state index contributed by atoms with van der Waals surface area (Å²) in [5.74, 6) is 0.534. The maximum atomic E-state index is 13.6. The van der Waals surface area contributed by atoms with Crippen molar-refractivity contribution in [1.29, 1.82) is 0 Å². The fourth-order valence-corrected chi connectivity index (χ4v) is 6.61. The molecule has 1 saturated heterocycles. The lowest BCUT2D eigenvalue weighted by Crippen LogP contribution is -2.36. The number of carbonyl (C=O) groups excluding carboxylic acids is 1. The van der Waals surface area contributed by atoms with Crippen LogP contribution in [0.2, 0.25) is 0 Å². The van der Waals surface area contributed by atoms with E-state index >= 15 is 0 Å². The second-order valence-electron chi connectivity index (χ2n) is 9.01. The van der Waals surface area contributed by atoms with E-state index in [0.29, 0.717) is 32.8 Å². The van der Waals surface area contributed by atoms with Gasteiger partial charge in [0.05, 0.1) is 10.5 Å². The Morgan fingerprint density at radius 3 is 2.62 bits per heavy atom. The second kappa shape index (κ2) is 8.67. The Labute approximate surface area is 207 Å². The largest absolute Gasteiger partial charge is 0.351 e. The molecule has 1 aromatic carbocycles. The summed E-state index contributed by atoms with van der Waals surface area (Å²) in [4.78, 5) is 36.3. The number of pyridine rings is 1. The van der Waals surface area contributed by atoms with Gasteiger partial charge in [-0.2, -0.15) is 0 Å². The van der Waals surface area contributed by atoms with Gasteiger partial charge in [-0.25, -0.2) is 4.98 Å². The Morgan fingerprint density at radius 2 is 1.79 bits per heavy atom. The summed E-state index contributed by atoms with van der Waals surface area (Å²) < 4.78 is 2.13. The van der Waals surface area contributed by atoms with Crippen LogP contribution in [0.5, 0.6) is 0 Å². The molecule has 0 unspecified atom stereocenters. The van der Waals surface area contributed by atoms with E-state index < -0.39 is 0 Å². The highest BCUT2D eigenvalue weighted by Gasteiger charge is 2.38. The average Bonchev–Trinajstić information content (AvgIpc) is 3.48. The van der Waals surface area contributed by atoms with Gasteiger partial charge in [0.1, 0.15) is 15.8 Å². The van der Waals surface area contributed by atoms with Crippen LogP contribution in [0.3, 0.4) is 0 Å². The van der Waals surface area contributed by atoms with Crippen molar-refractivity contribution >= 4 is 51.7 Å². The summed E-state index contributed by atoms with van der Waals surface area (Å²) in [7, 11) is 0. The van der Waals surface area contributed by atoms with E-state index in [2.05, 4.69) is 23.1 Å². The minimum absolute atomic E-state index is 0.0885. The number of amides is 1. The van der Waals surface area contributed by atoms with Gasteiger partial charge in [0.2, 0.25) is 0 Å². The highest BCUT2D eigenvalue weighted by Crippen LogP contribution is 2.38. The van der Waals surface area contributed by atoms with E-state index in [9.17, 15) is 9.59 Å². The Balaban J connectivity index is 1.45. The first-order valence-corrected chi connectivity index (χ1v) is 12.9. The van der Waals surface area contributed by atoms with Crippen molar-refractivity contribution in [3.63, 3.8) is 0 Å². The molecule has 172 valence electrons. The van der Waals surface area contributed by atoms with Crippen LogP contribution in [-0.4, -0.2) is 37.1 Å². The van der Waals surface area contributed by atoms with Crippen LogP contribution in [0.15, 0.2) is 58.4 Å². The predicted molar refractivity (Wildman–Crippen MR) is 140 cm³/mol. The lowest BCUT2D eigenvalue weighted by Gasteiger charge is -2.30. The van der Waals surface area contributed by atoms with Gasteiger partial charge in [-0.05, 0) is 48.6 Å². The molecule has 2 fully saturated rings. The van der Waals surface area contributed by atoms with E-state index in [4.69, 9.17) is 17.2 Å². The highest BCUT2D eigenvalue weighted by molar-refractivity contribution is 8.26. The van der Waals surface area contributed by atoms with Crippen LogP contribution in [-0.2, 0) is 17.8 Å². The van der Waals surface area contributed by atoms with Crippen LogP contribution in [0.25, 0.3) is 11.7 Å². The number of thioether (sulfide) groups is 1. The van der Waals surface area contributed by atoms with Crippen LogP contribution >= 0.6 is 24.0 Å². The standard InChI is InChI=1S/C26H24N4O2S2/c31-24-20(15-21-25(32)30(26(33)34-21)19-9-3-4-10-19)23(27-22-11-5-6-13-29(22)24)28-14-12-17-7-1-2-8-18(17)16-28/h1-2,5-8,11,13,15,19H,3-4,9-10,12,14,16H2/b21-15+. The summed E-state index contributed by atoms with van der Waals surface area (Å²) >= 11 is 6.87. The summed E-state index contributed by atoms with van der Waals surface area (Å²) in [6.07, 6.45) is 8.54. The number of fused-ring (bicyclic) bond motifs is 2. The molecule has 0 bridgehead atoms. The van der Waals surface area contributed by atoms with Crippen molar-refractivity contribution < 1.29 is 4.79 Å². The molecule has 1 saturated carbocycles. The number of carbonyl (C=O) groups is 1. The summed E-state index contributed by atoms with van der Waals surface area (Å²) in [6, 6.07) is 14.1. The molecule has 6 rings (SSSR count). The molecule has 6 nitrogen and oxygen atoms in total. The van der Waals surface area contributed by atoms with Gasteiger partial charge in [0.15, 0.2) is 0 Å². The topological polar surface area (TPSA) is 57.9 Å². The third-order valence-corrected chi connectivity index (χ3v) is 8.30.